The van der Waals surface area contributed by atoms with Crippen LogP contribution in [0.5, 0.6) is 0 Å². The lowest BCUT2D eigenvalue weighted by Crippen LogP contribution is -2.81. The van der Waals surface area contributed by atoms with Crippen molar-refractivity contribution in [1.82, 2.24) is 10.2 Å². The lowest BCUT2D eigenvalue weighted by molar-refractivity contribution is -0.211. The number of benzene rings is 1. The number of aliphatic hydroxyl groups is 1. The number of amides is 1. The van der Waals surface area contributed by atoms with E-state index in [4.69, 9.17) is 27.3 Å². The highest BCUT2D eigenvalue weighted by Crippen LogP contribution is 2.54. The van der Waals surface area contributed by atoms with Gasteiger partial charge < -0.3 is 37.3 Å². The lowest BCUT2D eigenvalue weighted by atomic mass is 9.62. The Morgan fingerprint density at radius 2 is 1.94 bits per heavy atom. The van der Waals surface area contributed by atoms with Gasteiger partial charge in [-0.25, -0.2) is 13.2 Å². The molecule has 1 aromatic carbocycles. The van der Waals surface area contributed by atoms with Crippen molar-refractivity contribution in [3.63, 3.8) is 0 Å². The molecule has 1 saturated carbocycles. The first-order valence-electron chi connectivity index (χ1n) is 12.0. The van der Waals surface area contributed by atoms with Crippen molar-refractivity contribution in [2.24, 2.45) is 22.6 Å². The summed E-state index contributed by atoms with van der Waals surface area (Å²) >= 11 is 0. The van der Waals surface area contributed by atoms with Crippen molar-refractivity contribution in [3.8, 4) is 0 Å². The molecule has 7 atom stereocenters. The highest BCUT2D eigenvalue weighted by atomic mass is 32.2. The second-order valence-corrected chi connectivity index (χ2v) is 12.0. The Hall–Kier alpha value is -2.74. The molecule has 0 radical (unpaired) electrons. The fourth-order valence-electron chi connectivity index (χ4n) is 5.93. The minimum Gasteiger partial charge on any atom is -0.454 e. The molecule has 2 aliphatic heterocycles. The summed E-state index contributed by atoms with van der Waals surface area (Å²) in [6.07, 6.45) is 1.27. The Balaban J connectivity index is 1.69. The van der Waals surface area contributed by atoms with Gasteiger partial charge in [0.25, 0.3) is 0 Å². The summed E-state index contributed by atoms with van der Waals surface area (Å²) in [5.74, 6) is -1.15. The minimum atomic E-state index is -3.44. The number of carbonyl (C=O) groups excluding carboxylic acids is 2. The van der Waals surface area contributed by atoms with Gasteiger partial charge in [-0.15, -0.1) is 0 Å². The summed E-state index contributed by atoms with van der Waals surface area (Å²) < 4.78 is 29.5. The zero-order chi connectivity index (χ0) is 26.4. The Morgan fingerprint density at radius 3 is 2.50 bits per heavy atom. The van der Waals surface area contributed by atoms with Crippen LogP contribution in [0.1, 0.15) is 43.8 Å². The number of aliphatic hydroxyl groups excluding tert-OH is 1. The van der Waals surface area contributed by atoms with E-state index in [-0.39, 0.29) is 23.2 Å². The fraction of sp³-hybridized carbons (Fsp3) is 0.609. The standard InChI is InChI=1S/C23H34N6O6S/c1-36(33,34)13-8-6-12(7-9-13)18-16(25)17(30)19-23(10-2-5-15(23)24)21(32)29(19)14(20(31)35-18)4-3-11-28-22(26)27/h6-9,14-19,30H,2-5,10-11,24-25H2,1H3,(H4,26,27,28)/t14-,15?,16+,17-,18?,19?,23?/m0/s1. The molecule has 9 N–H and O–H groups in total. The molecule has 13 heteroatoms. The molecular weight excluding hydrogens is 488 g/mol. The number of β-lactam (4-membered cyclic amide) rings is 1. The third kappa shape index (κ3) is 4.33. The molecule has 4 rings (SSSR count). The quantitative estimate of drug-likeness (QED) is 0.0855. The number of sulfone groups is 1. The van der Waals surface area contributed by atoms with Crippen LogP contribution in [0.3, 0.4) is 0 Å². The zero-order valence-electron chi connectivity index (χ0n) is 20.1. The molecule has 2 saturated heterocycles. The average molecular weight is 523 g/mol. The molecule has 198 valence electrons. The highest BCUT2D eigenvalue weighted by molar-refractivity contribution is 7.90. The number of nitrogens with zero attached hydrogens (tertiary/aromatic N) is 1. The van der Waals surface area contributed by atoms with E-state index in [0.29, 0.717) is 31.4 Å². The molecule has 1 amide bonds. The molecule has 1 aromatic rings. The van der Waals surface area contributed by atoms with Crippen molar-refractivity contribution in [3.05, 3.63) is 29.8 Å². The molecule has 36 heavy (non-hydrogen) atoms. The first kappa shape index (κ1) is 26.3. The molecule has 0 bridgehead atoms. The van der Waals surface area contributed by atoms with Crippen LogP contribution in [0, 0.1) is 10.8 Å². The predicted octanol–water partition coefficient (Wildman–Crippen LogP) is -1.28. The highest BCUT2D eigenvalue weighted by Gasteiger charge is 2.70. The third-order valence-electron chi connectivity index (χ3n) is 7.75. The van der Waals surface area contributed by atoms with Crippen LogP contribution >= 0.6 is 0 Å². The first-order valence-corrected chi connectivity index (χ1v) is 13.9. The summed E-state index contributed by atoms with van der Waals surface area (Å²) in [4.78, 5) is 28.4. The first-order chi connectivity index (χ1) is 16.9. The Morgan fingerprint density at radius 1 is 1.28 bits per heavy atom. The number of rotatable bonds is 6. The van der Waals surface area contributed by atoms with Crippen molar-refractivity contribution >= 4 is 27.7 Å². The van der Waals surface area contributed by atoms with E-state index in [1.807, 2.05) is 0 Å². The molecule has 4 unspecified atom stereocenters. The van der Waals surface area contributed by atoms with Gasteiger partial charge >= 0.3 is 5.97 Å². The van der Waals surface area contributed by atoms with Gasteiger partial charge in [-0.3, -0.25) is 10.2 Å². The number of ether oxygens (including phenoxy) is 1. The van der Waals surface area contributed by atoms with Crippen LogP contribution in [-0.4, -0.2) is 79.3 Å². The van der Waals surface area contributed by atoms with Crippen LogP contribution < -0.4 is 22.5 Å². The van der Waals surface area contributed by atoms with Gasteiger partial charge in [0.2, 0.25) is 5.91 Å². The van der Waals surface area contributed by atoms with Crippen molar-refractivity contribution in [2.75, 3.05) is 12.8 Å². The second kappa shape index (κ2) is 9.61. The summed E-state index contributed by atoms with van der Waals surface area (Å²) in [7, 11) is -3.44. The maximum atomic E-state index is 13.5. The van der Waals surface area contributed by atoms with Gasteiger partial charge in [0, 0.05) is 18.8 Å². The van der Waals surface area contributed by atoms with Crippen LogP contribution in [0.2, 0.25) is 0 Å². The second-order valence-electron chi connectivity index (χ2n) is 9.96. The van der Waals surface area contributed by atoms with E-state index >= 15 is 0 Å². The largest absolute Gasteiger partial charge is 0.454 e. The number of cyclic esters (lactones) is 1. The lowest BCUT2D eigenvalue weighted by Gasteiger charge is -2.61. The van der Waals surface area contributed by atoms with E-state index in [0.717, 1.165) is 12.7 Å². The van der Waals surface area contributed by atoms with Crippen LogP contribution in [0.15, 0.2) is 29.2 Å². The predicted molar refractivity (Wildman–Crippen MR) is 130 cm³/mol. The van der Waals surface area contributed by atoms with Crippen molar-refractivity contribution in [1.29, 1.82) is 5.41 Å². The Kier molecular flexibility index (Phi) is 7.03. The van der Waals surface area contributed by atoms with Gasteiger partial charge in [-0.1, -0.05) is 18.6 Å². The fourth-order valence-corrected chi connectivity index (χ4v) is 6.56. The third-order valence-corrected chi connectivity index (χ3v) is 8.88. The molecule has 1 spiro atoms. The molecule has 0 aromatic heterocycles. The number of nitrogens with two attached hydrogens (primary N) is 3. The number of guanidine groups is 1. The maximum absolute atomic E-state index is 13.5. The van der Waals surface area contributed by atoms with Crippen LogP contribution in [0.4, 0.5) is 0 Å². The summed E-state index contributed by atoms with van der Waals surface area (Å²) in [5, 5.41) is 21.5. The summed E-state index contributed by atoms with van der Waals surface area (Å²) in [6, 6.07) is 2.54. The van der Waals surface area contributed by atoms with Gasteiger partial charge in [0.1, 0.15) is 12.1 Å². The van der Waals surface area contributed by atoms with Crippen LogP contribution in [-0.2, 0) is 24.2 Å². The Bertz CT molecular complexity index is 1140. The maximum Gasteiger partial charge on any atom is 0.329 e. The number of nitrogens with one attached hydrogen (secondary N) is 2. The van der Waals surface area contributed by atoms with E-state index in [9.17, 15) is 23.1 Å². The molecular formula is C23H34N6O6S. The Labute approximate surface area is 209 Å². The zero-order valence-corrected chi connectivity index (χ0v) is 20.9. The number of esters is 1. The summed E-state index contributed by atoms with van der Waals surface area (Å²) in [6.45, 7) is 0.314. The van der Waals surface area contributed by atoms with Crippen molar-refractivity contribution in [2.45, 2.75) is 73.4 Å². The normalized spacial score (nSPS) is 34.4. The molecule has 1 aliphatic carbocycles. The molecule has 12 nitrogen and oxygen atoms in total. The number of fused-ring (bicyclic) bond motifs is 2. The topological polar surface area (TPSA) is 215 Å². The molecule has 3 fully saturated rings. The minimum absolute atomic E-state index is 0.0973. The summed E-state index contributed by atoms with van der Waals surface area (Å²) in [5.41, 5.74) is 17.6. The van der Waals surface area contributed by atoms with Gasteiger partial charge in [-0.2, -0.15) is 0 Å². The van der Waals surface area contributed by atoms with Gasteiger partial charge in [-0.05, 0) is 43.4 Å². The average Bonchev–Trinajstić information content (AvgIpc) is 3.22. The van der Waals surface area contributed by atoms with Crippen molar-refractivity contribution < 1.29 is 27.9 Å². The van der Waals surface area contributed by atoms with E-state index < -0.39 is 57.6 Å². The number of hydrogen-bond acceptors (Lipinski definition) is 9. The molecule has 2 heterocycles. The van der Waals surface area contributed by atoms with Gasteiger partial charge in [0.15, 0.2) is 15.8 Å². The van der Waals surface area contributed by atoms with E-state index in [2.05, 4.69) is 5.32 Å². The smallest absolute Gasteiger partial charge is 0.329 e. The van der Waals surface area contributed by atoms with Gasteiger partial charge in [0.05, 0.1) is 28.5 Å². The SMILES string of the molecule is CS(=O)(=O)c1ccc(C2OC(=O)[C@H](CCCNC(=N)N)N3C(=O)C4(CCCC4N)C3[C@@H](O)[C@H]2N)cc1. The monoisotopic (exact) mass is 522 g/mol. The number of carbonyl (C=O) groups is 2. The van der Waals surface area contributed by atoms with Crippen LogP contribution in [0.25, 0.3) is 0 Å². The van der Waals surface area contributed by atoms with E-state index in [1.54, 1.807) is 0 Å². The molecule has 3 aliphatic rings. The number of hydrogen-bond donors (Lipinski definition) is 6. The van der Waals surface area contributed by atoms with E-state index in [1.165, 1.54) is 29.2 Å².